The predicted molar refractivity (Wildman–Crippen MR) is 102 cm³/mol. The molecular formula is C17H12N6O3S. The molecule has 0 aliphatic carbocycles. The van der Waals surface area contributed by atoms with E-state index in [0.29, 0.717) is 10.5 Å². The summed E-state index contributed by atoms with van der Waals surface area (Å²) in [7, 11) is 0. The van der Waals surface area contributed by atoms with Gasteiger partial charge in [0.05, 0.1) is 28.7 Å². The molecule has 0 unspecified atom stereocenters. The summed E-state index contributed by atoms with van der Waals surface area (Å²) in [5, 5.41) is 24.3. The van der Waals surface area contributed by atoms with Gasteiger partial charge < -0.3 is 10.3 Å². The van der Waals surface area contributed by atoms with Gasteiger partial charge in [-0.2, -0.15) is 0 Å². The highest BCUT2D eigenvalue weighted by Gasteiger charge is 2.17. The number of aromatic amines is 1. The van der Waals surface area contributed by atoms with E-state index in [2.05, 4.69) is 25.5 Å². The first kappa shape index (κ1) is 16.8. The number of nitro groups is 1. The maximum absolute atomic E-state index is 11.8. The van der Waals surface area contributed by atoms with Crippen LogP contribution in [-0.4, -0.2) is 25.1 Å². The quantitative estimate of drug-likeness (QED) is 0.402. The molecule has 2 heterocycles. The number of H-pyrrole nitrogens is 1. The standard InChI is InChI=1S/C17H12N6O3S/c24-16-11-6-14(23(25)26)13(7-12(11)19-9-20-16)18-8-15-21-22-17(27-15)10-4-2-1-3-5-10/h1-7,9,18H,8H2,(H,19,20,24). The highest BCUT2D eigenvalue weighted by atomic mass is 32.1. The van der Waals surface area contributed by atoms with E-state index in [1.165, 1.54) is 29.8 Å². The highest BCUT2D eigenvalue weighted by molar-refractivity contribution is 7.14. The molecule has 0 fully saturated rings. The number of nitrogens with zero attached hydrogens (tertiary/aromatic N) is 4. The molecule has 0 saturated heterocycles. The van der Waals surface area contributed by atoms with Gasteiger partial charge in [0.1, 0.15) is 15.7 Å². The SMILES string of the molecule is O=c1[nH]cnc2cc(NCc3nnc(-c4ccccc4)s3)c([N+](=O)[O-])cc12. The number of benzene rings is 2. The zero-order valence-electron chi connectivity index (χ0n) is 13.7. The number of aromatic nitrogens is 4. The topological polar surface area (TPSA) is 127 Å². The van der Waals surface area contributed by atoms with Crippen LogP contribution >= 0.6 is 11.3 Å². The second-order valence-electron chi connectivity index (χ2n) is 5.60. The van der Waals surface area contributed by atoms with Crippen molar-refractivity contribution in [3.8, 4) is 10.6 Å². The molecule has 0 amide bonds. The number of rotatable bonds is 5. The van der Waals surface area contributed by atoms with Crippen molar-refractivity contribution < 1.29 is 4.92 Å². The molecule has 0 aliphatic rings. The molecule has 0 atom stereocenters. The summed E-state index contributed by atoms with van der Waals surface area (Å²) in [5.74, 6) is 0. The second-order valence-corrected chi connectivity index (χ2v) is 6.66. The molecule has 0 spiro atoms. The van der Waals surface area contributed by atoms with E-state index in [4.69, 9.17) is 0 Å². The maximum atomic E-state index is 11.8. The zero-order chi connectivity index (χ0) is 18.8. The molecule has 2 N–H and O–H groups in total. The minimum atomic E-state index is -0.538. The Labute approximate surface area is 155 Å². The lowest BCUT2D eigenvalue weighted by atomic mass is 10.2. The molecular weight excluding hydrogens is 368 g/mol. The molecule has 134 valence electrons. The van der Waals surface area contributed by atoms with Gasteiger partial charge in [-0.25, -0.2) is 4.98 Å². The van der Waals surface area contributed by atoms with Gasteiger partial charge in [-0.1, -0.05) is 41.7 Å². The van der Waals surface area contributed by atoms with Crippen LogP contribution in [0.3, 0.4) is 0 Å². The minimum absolute atomic E-state index is 0.164. The van der Waals surface area contributed by atoms with E-state index in [9.17, 15) is 14.9 Å². The first-order valence-electron chi connectivity index (χ1n) is 7.89. The van der Waals surface area contributed by atoms with E-state index in [0.717, 1.165) is 10.6 Å². The molecule has 4 rings (SSSR count). The number of hydrogen-bond acceptors (Lipinski definition) is 8. The van der Waals surface area contributed by atoms with Crippen molar-refractivity contribution in [2.45, 2.75) is 6.54 Å². The molecule has 4 aromatic rings. The van der Waals surface area contributed by atoms with Crippen LogP contribution in [0, 0.1) is 10.1 Å². The molecule has 0 bridgehead atoms. The van der Waals surface area contributed by atoms with Gasteiger partial charge in [-0.3, -0.25) is 14.9 Å². The molecule has 2 aromatic carbocycles. The third-order valence-electron chi connectivity index (χ3n) is 3.87. The lowest BCUT2D eigenvalue weighted by Gasteiger charge is -2.06. The third-order valence-corrected chi connectivity index (χ3v) is 4.84. The molecule has 10 heteroatoms. The van der Waals surface area contributed by atoms with Crippen LogP contribution in [0.4, 0.5) is 11.4 Å². The van der Waals surface area contributed by atoms with E-state index < -0.39 is 10.5 Å². The van der Waals surface area contributed by atoms with Crippen molar-refractivity contribution in [3.63, 3.8) is 0 Å². The summed E-state index contributed by atoms with van der Waals surface area (Å²) >= 11 is 1.40. The fraction of sp³-hybridized carbons (Fsp3) is 0.0588. The van der Waals surface area contributed by atoms with Crippen molar-refractivity contribution >= 4 is 33.6 Å². The van der Waals surface area contributed by atoms with Crippen molar-refractivity contribution in [1.29, 1.82) is 0 Å². The van der Waals surface area contributed by atoms with Crippen LogP contribution in [0.2, 0.25) is 0 Å². The third kappa shape index (κ3) is 3.37. The zero-order valence-corrected chi connectivity index (χ0v) is 14.6. The first-order valence-corrected chi connectivity index (χ1v) is 8.71. The second kappa shape index (κ2) is 6.92. The molecule has 0 aliphatic heterocycles. The van der Waals surface area contributed by atoms with Gasteiger partial charge in [0, 0.05) is 11.6 Å². The summed E-state index contributed by atoms with van der Waals surface area (Å²) < 4.78 is 0. The smallest absolute Gasteiger partial charge is 0.293 e. The number of nitro benzene ring substituents is 1. The minimum Gasteiger partial charge on any atom is -0.373 e. The van der Waals surface area contributed by atoms with Gasteiger partial charge in [-0.15, -0.1) is 10.2 Å². The lowest BCUT2D eigenvalue weighted by molar-refractivity contribution is -0.383. The molecule has 2 aromatic heterocycles. The van der Waals surface area contributed by atoms with Crippen LogP contribution in [0.25, 0.3) is 21.5 Å². The van der Waals surface area contributed by atoms with Crippen LogP contribution < -0.4 is 10.9 Å². The van der Waals surface area contributed by atoms with E-state index in [-0.39, 0.29) is 23.3 Å². The van der Waals surface area contributed by atoms with Crippen molar-refractivity contribution in [2.75, 3.05) is 5.32 Å². The van der Waals surface area contributed by atoms with Crippen LogP contribution in [0.1, 0.15) is 5.01 Å². The number of anilines is 1. The number of fused-ring (bicyclic) bond motifs is 1. The average Bonchev–Trinajstić information content (AvgIpc) is 3.16. The van der Waals surface area contributed by atoms with Gasteiger partial charge in [0.15, 0.2) is 0 Å². The van der Waals surface area contributed by atoms with Crippen LogP contribution in [0.15, 0.2) is 53.6 Å². The summed E-state index contributed by atoms with van der Waals surface area (Å²) in [5.41, 5.74) is 0.970. The average molecular weight is 380 g/mol. The van der Waals surface area contributed by atoms with Gasteiger partial charge in [-0.05, 0) is 6.07 Å². The molecule has 0 saturated carbocycles. The Bertz CT molecular complexity index is 1190. The Balaban J connectivity index is 1.62. The van der Waals surface area contributed by atoms with E-state index in [1.54, 1.807) is 0 Å². The fourth-order valence-corrected chi connectivity index (χ4v) is 3.37. The Morgan fingerprint density at radius 1 is 1.19 bits per heavy atom. The molecule has 0 radical (unpaired) electrons. The highest BCUT2D eigenvalue weighted by Crippen LogP contribution is 2.29. The fourth-order valence-electron chi connectivity index (χ4n) is 2.59. The van der Waals surface area contributed by atoms with Crippen LogP contribution in [-0.2, 0) is 6.54 Å². The van der Waals surface area contributed by atoms with Crippen molar-refractivity contribution in [3.05, 3.63) is 74.3 Å². The summed E-state index contributed by atoms with van der Waals surface area (Å²) in [6.45, 7) is 0.264. The number of nitrogens with one attached hydrogen (secondary N) is 2. The largest absolute Gasteiger partial charge is 0.373 e. The van der Waals surface area contributed by atoms with Gasteiger partial charge in [0.25, 0.3) is 11.2 Å². The van der Waals surface area contributed by atoms with Crippen molar-refractivity contribution in [1.82, 2.24) is 20.2 Å². The molecule has 27 heavy (non-hydrogen) atoms. The first-order chi connectivity index (χ1) is 13.1. The Hall–Kier alpha value is -3.66. The Morgan fingerprint density at radius 3 is 2.78 bits per heavy atom. The normalized spacial score (nSPS) is 10.8. The van der Waals surface area contributed by atoms with Crippen molar-refractivity contribution in [2.24, 2.45) is 0 Å². The summed E-state index contributed by atoms with van der Waals surface area (Å²) in [6.07, 6.45) is 1.26. The lowest BCUT2D eigenvalue weighted by Crippen LogP contribution is -2.08. The molecule has 9 nitrogen and oxygen atoms in total. The maximum Gasteiger partial charge on any atom is 0.293 e. The van der Waals surface area contributed by atoms with Gasteiger partial charge in [0.2, 0.25) is 0 Å². The number of hydrogen-bond donors (Lipinski definition) is 2. The monoisotopic (exact) mass is 380 g/mol. The van der Waals surface area contributed by atoms with E-state index in [1.807, 2.05) is 30.3 Å². The Morgan fingerprint density at radius 2 is 2.00 bits per heavy atom. The van der Waals surface area contributed by atoms with E-state index >= 15 is 0 Å². The van der Waals surface area contributed by atoms with Gasteiger partial charge >= 0.3 is 0 Å². The predicted octanol–water partition coefficient (Wildman–Crippen LogP) is 2.96. The summed E-state index contributed by atoms with van der Waals surface area (Å²) in [6, 6.07) is 12.3. The Kier molecular flexibility index (Phi) is 4.30. The van der Waals surface area contributed by atoms with Crippen LogP contribution in [0.5, 0.6) is 0 Å². The summed E-state index contributed by atoms with van der Waals surface area (Å²) in [4.78, 5) is 29.1.